The average Bonchev–Trinajstić information content (AvgIpc) is 2.52. The average molecular weight is 317 g/mol. The van der Waals surface area contributed by atoms with Crippen LogP contribution in [0.1, 0.15) is 44.3 Å². The lowest BCUT2D eigenvalue weighted by Crippen LogP contribution is -2.17. The van der Waals surface area contributed by atoms with Crippen LogP contribution in [0.15, 0.2) is 17.7 Å². The van der Waals surface area contributed by atoms with Crippen LogP contribution in [0.5, 0.6) is 0 Å². The second-order valence-corrected chi connectivity index (χ2v) is 6.55. The molecule has 0 aliphatic heterocycles. The molecule has 1 aromatic rings. The van der Waals surface area contributed by atoms with Gasteiger partial charge in [-0.2, -0.15) is 0 Å². The van der Waals surface area contributed by atoms with Crippen LogP contribution in [-0.4, -0.2) is 48.6 Å². The van der Waals surface area contributed by atoms with Crippen molar-refractivity contribution in [2.45, 2.75) is 45.4 Å². The summed E-state index contributed by atoms with van der Waals surface area (Å²) < 4.78 is 0. The van der Waals surface area contributed by atoms with Gasteiger partial charge in [0.1, 0.15) is 17.5 Å². The standard InChI is InChI=1S/C18H31N5/c1-15-21-17(19-11-7-13-23(2)3)14-18(22-15)20-12-10-16-8-5-4-6-9-16/h8,14H,4-7,9-13H2,1-3H3,(H2,19,20,21,22). The summed E-state index contributed by atoms with van der Waals surface area (Å²) >= 11 is 0. The minimum absolute atomic E-state index is 0.807. The van der Waals surface area contributed by atoms with Gasteiger partial charge in [0.05, 0.1) is 0 Å². The molecule has 2 N–H and O–H groups in total. The number of rotatable bonds is 9. The van der Waals surface area contributed by atoms with Crippen molar-refractivity contribution in [1.82, 2.24) is 14.9 Å². The van der Waals surface area contributed by atoms with Gasteiger partial charge in [-0.25, -0.2) is 9.97 Å². The van der Waals surface area contributed by atoms with Crippen molar-refractivity contribution in [3.8, 4) is 0 Å². The number of hydrogen-bond donors (Lipinski definition) is 2. The maximum absolute atomic E-state index is 4.48. The minimum Gasteiger partial charge on any atom is -0.370 e. The van der Waals surface area contributed by atoms with Crippen LogP contribution in [-0.2, 0) is 0 Å². The summed E-state index contributed by atoms with van der Waals surface area (Å²) in [5.74, 6) is 2.64. The SMILES string of the molecule is Cc1nc(NCCCN(C)C)cc(NCCC2=CCCCC2)n1. The molecule has 1 aliphatic rings. The van der Waals surface area contributed by atoms with Crippen molar-refractivity contribution in [3.05, 3.63) is 23.5 Å². The molecule has 128 valence electrons. The molecule has 1 heterocycles. The molecule has 0 radical (unpaired) electrons. The quantitative estimate of drug-likeness (QED) is 0.540. The predicted octanol–water partition coefficient (Wildman–Crippen LogP) is 3.45. The second-order valence-electron chi connectivity index (χ2n) is 6.55. The molecular weight excluding hydrogens is 286 g/mol. The second kappa shape index (κ2) is 9.50. The van der Waals surface area contributed by atoms with Gasteiger partial charge in [-0.1, -0.05) is 11.6 Å². The third-order valence-corrected chi connectivity index (χ3v) is 4.06. The van der Waals surface area contributed by atoms with E-state index in [1.807, 2.05) is 13.0 Å². The highest BCUT2D eigenvalue weighted by Gasteiger charge is 2.05. The third kappa shape index (κ3) is 6.99. The monoisotopic (exact) mass is 317 g/mol. The molecule has 5 heteroatoms. The molecule has 0 saturated carbocycles. The number of nitrogens with zero attached hydrogens (tertiary/aromatic N) is 3. The fourth-order valence-electron chi connectivity index (χ4n) is 2.84. The van der Waals surface area contributed by atoms with Crippen LogP contribution < -0.4 is 10.6 Å². The van der Waals surface area contributed by atoms with E-state index in [-0.39, 0.29) is 0 Å². The highest BCUT2D eigenvalue weighted by Crippen LogP contribution is 2.20. The Hall–Kier alpha value is -1.62. The molecule has 1 aromatic heterocycles. The largest absolute Gasteiger partial charge is 0.370 e. The molecule has 0 amide bonds. The van der Waals surface area contributed by atoms with Crippen LogP contribution in [0, 0.1) is 6.92 Å². The van der Waals surface area contributed by atoms with E-state index in [0.717, 1.165) is 49.9 Å². The van der Waals surface area contributed by atoms with Crippen LogP contribution in [0.2, 0.25) is 0 Å². The lowest BCUT2D eigenvalue weighted by atomic mass is 9.97. The molecule has 0 saturated heterocycles. The molecule has 0 spiro atoms. The summed E-state index contributed by atoms with van der Waals surface area (Å²) in [4.78, 5) is 11.1. The van der Waals surface area contributed by atoms with E-state index in [1.165, 1.54) is 25.7 Å². The molecule has 0 aromatic carbocycles. The maximum atomic E-state index is 4.48. The first-order valence-electron chi connectivity index (χ1n) is 8.79. The molecule has 23 heavy (non-hydrogen) atoms. The van der Waals surface area contributed by atoms with Gasteiger partial charge in [0.15, 0.2) is 0 Å². The van der Waals surface area contributed by atoms with E-state index >= 15 is 0 Å². The Morgan fingerprint density at radius 1 is 1.09 bits per heavy atom. The van der Waals surface area contributed by atoms with E-state index in [2.05, 4.69) is 45.7 Å². The van der Waals surface area contributed by atoms with Crippen molar-refractivity contribution >= 4 is 11.6 Å². The molecule has 0 bridgehead atoms. The van der Waals surface area contributed by atoms with Gasteiger partial charge in [-0.05, 0) is 66.1 Å². The van der Waals surface area contributed by atoms with E-state index in [0.29, 0.717) is 0 Å². The Labute approximate surface area is 140 Å². The summed E-state index contributed by atoms with van der Waals surface area (Å²) in [7, 11) is 4.19. The number of hydrogen-bond acceptors (Lipinski definition) is 5. The normalized spacial score (nSPS) is 14.7. The number of nitrogens with one attached hydrogen (secondary N) is 2. The Morgan fingerprint density at radius 3 is 2.48 bits per heavy atom. The molecule has 0 atom stereocenters. The Bertz CT molecular complexity index is 510. The first kappa shape index (κ1) is 17.7. The zero-order valence-electron chi connectivity index (χ0n) is 14.9. The topological polar surface area (TPSA) is 53.1 Å². The zero-order valence-corrected chi connectivity index (χ0v) is 14.9. The van der Waals surface area contributed by atoms with E-state index < -0.39 is 0 Å². The summed E-state index contributed by atoms with van der Waals surface area (Å²) in [6, 6.07) is 2.01. The van der Waals surface area contributed by atoms with Crippen LogP contribution in [0.3, 0.4) is 0 Å². The lowest BCUT2D eigenvalue weighted by Gasteiger charge is -2.14. The van der Waals surface area contributed by atoms with Crippen molar-refractivity contribution in [2.75, 3.05) is 44.4 Å². The molecule has 0 fully saturated rings. The number of anilines is 2. The number of aryl methyl sites for hydroxylation is 1. The lowest BCUT2D eigenvalue weighted by molar-refractivity contribution is 0.405. The third-order valence-electron chi connectivity index (χ3n) is 4.06. The molecule has 1 aliphatic carbocycles. The van der Waals surface area contributed by atoms with Crippen molar-refractivity contribution < 1.29 is 0 Å². The zero-order chi connectivity index (χ0) is 16.5. The number of aromatic nitrogens is 2. The molecule has 2 rings (SSSR count). The molecular formula is C18H31N5. The van der Waals surface area contributed by atoms with Crippen LogP contribution in [0.4, 0.5) is 11.6 Å². The van der Waals surface area contributed by atoms with Crippen LogP contribution >= 0.6 is 0 Å². The highest BCUT2D eigenvalue weighted by molar-refractivity contribution is 5.47. The van der Waals surface area contributed by atoms with Gasteiger partial charge in [-0.15, -0.1) is 0 Å². The van der Waals surface area contributed by atoms with Crippen molar-refractivity contribution in [2.24, 2.45) is 0 Å². The van der Waals surface area contributed by atoms with Crippen molar-refractivity contribution in [3.63, 3.8) is 0 Å². The van der Waals surface area contributed by atoms with Gasteiger partial charge in [0.2, 0.25) is 0 Å². The van der Waals surface area contributed by atoms with Gasteiger partial charge < -0.3 is 15.5 Å². The fraction of sp³-hybridized carbons (Fsp3) is 0.667. The first-order chi connectivity index (χ1) is 11.1. The summed E-state index contributed by atoms with van der Waals surface area (Å²) in [6.45, 7) is 4.90. The minimum atomic E-state index is 0.807. The van der Waals surface area contributed by atoms with Gasteiger partial charge >= 0.3 is 0 Å². The smallest absolute Gasteiger partial charge is 0.131 e. The molecule has 5 nitrogen and oxygen atoms in total. The summed E-state index contributed by atoms with van der Waals surface area (Å²) in [6.07, 6.45) is 9.85. The first-order valence-corrected chi connectivity index (χ1v) is 8.79. The Balaban J connectivity index is 1.78. The van der Waals surface area contributed by atoms with Gasteiger partial charge in [-0.3, -0.25) is 0 Å². The van der Waals surface area contributed by atoms with Crippen LogP contribution in [0.25, 0.3) is 0 Å². The number of allylic oxidation sites excluding steroid dienone is 1. The Kier molecular flexibility index (Phi) is 7.33. The maximum Gasteiger partial charge on any atom is 0.131 e. The van der Waals surface area contributed by atoms with Crippen molar-refractivity contribution in [1.29, 1.82) is 0 Å². The Morgan fingerprint density at radius 2 is 1.83 bits per heavy atom. The highest BCUT2D eigenvalue weighted by atomic mass is 15.1. The van der Waals surface area contributed by atoms with E-state index in [4.69, 9.17) is 0 Å². The molecule has 0 unspecified atom stereocenters. The van der Waals surface area contributed by atoms with Gasteiger partial charge in [0.25, 0.3) is 0 Å². The summed E-state index contributed by atoms with van der Waals surface area (Å²) in [5.41, 5.74) is 1.59. The predicted molar refractivity (Wildman–Crippen MR) is 98.1 cm³/mol. The summed E-state index contributed by atoms with van der Waals surface area (Å²) in [5, 5.41) is 6.83. The fourth-order valence-corrected chi connectivity index (χ4v) is 2.84. The van der Waals surface area contributed by atoms with E-state index in [9.17, 15) is 0 Å². The van der Waals surface area contributed by atoms with Gasteiger partial charge in [0, 0.05) is 19.2 Å². The van der Waals surface area contributed by atoms with E-state index in [1.54, 1.807) is 5.57 Å².